The maximum atomic E-state index is 4.47. The Morgan fingerprint density at radius 2 is 2.33 bits per heavy atom. The highest BCUT2D eigenvalue weighted by atomic mass is 79.9. The predicted molar refractivity (Wildman–Crippen MR) is 82.1 cm³/mol. The number of pyridine rings is 1. The van der Waals surface area contributed by atoms with Gasteiger partial charge in [-0.3, -0.25) is 0 Å². The van der Waals surface area contributed by atoms with E-state index in [0.29, 0.717) is 16.7 Å². The molecule has 0 spiro atoms. The zero-order valence-electron chi connectivity index (χ0n) is 11.2. The summed E-state index contributed by atoms with van der Waals surface area (Å²) in [4.78, 5) is 4.47. The lowest BCUT2D eigenvalue weighted by Crippen LogP contribution is -2.43. The summed E-state index contributed by atoms with van der Waals surface area (Å²) in [6.07, 6.45) is 4.42. The first-order chi connectivity index (χ1) is 8.54. The molecular weight excluding hydrogens is 308 g/mol. The Hall–Kier alpha value is -0.0600. The molecule has 1 heterocycles. The Morgan fingerprint density at radius 1 is 1.56 bits per heavy atom. The fourth-order valence-corrected chi connectivity index (χ4v) is 4.66. The van der Waals surface area contributed by atoms with Gasteiger partial charge in [0.25, 0.3) is 0 Å². The minimum absolute atomic E-state index is 0.384. The van der Waals surface area contributed by atoms with Gasteiger partial charge in [0.15, 0.2) is 0 Å². The van der Waals surface area contributed by atoms with Gasteiger partial charge in [-0.2, -0.15) is 0 Å². The summed E-state index contributed by atoms with van der Waals surface area (Å²) < 4.78 is 1.11. The number of hydrogen-bond donors (Lipinski definition) is 1. The molecule has 0 saturated heterocycles. The van der Waals surface area contributed by atoms with Crippen molar-refractivity contribution in [3.8, 4) is 0 Å². The molecule has 1 aromatic rings. The molecule has 1 saturated carbocycles. The van der Waals surface area contributed by atoms with Crippen molar-refractivity contribution in [1.29, 1.82) is 0 Å². The van der Waals surface area contributed by atoms with Crippen molar-refractivity contribution in [3.05, 3.63) is 22.8 Å². The highest BCUT2D eigenvalue weighted by molar-refractivity contribution is 9.10. The summed E-state index contributed by atoms with van der Waals surface area (Å²) in [6.45, 7) is 7.96. The number of aromatic nitrogens is 1. The van der Waals surface area contributed by atoms with Crippen molar-refractivity contribution in [1.82, 2.24) is 10.3 Å². The summed E-state index contributed by atoms with van der Waals surface area (Å²) >= 11 is 5.49. The van der Waals surface area contributed by atoms with E-state index in [1.807, 2.05) is 24.0 Å². The van der Waals surface area contributed by atoms with Gasteiger partial charge in [0.2, 0.25) is 0 Å². The maximum Gasteiger partial charge on any atom is 0.110 e. The molecule has 0 radical (unpaired) electrons. The average Bonchev–Trinajstić information content (AvgIpc) is 2.60. The van der Waals surface area contributed by atoms with Crippen LogP contribution in [0, 0.1) is 5.41 Å². The van der Waals surface area contributed by atoms with E-state index in [2.05, 4.69) is 53.1 Å². The van der Waals surface area contributed by atoms with E-state index in [-0.39, 0.29) is 0 Å². The van der Waals surface area contributed by atoms with E-state index in [0.717, 1.165) is 16.0 Å². The highest BCUT2D eigenvalue weighted by Crippen LogP contribution is 2.45. The first kappa shape index (κ1) is 14.4. The van der Waals surface area contributed by atoms with Gasteiger partial charge in [-0.25, -0.2) is 4.98 Å². The van der Waals surface area contributed by atoms with E-state index in [4.69, 9.17) is 0 Å². The Kier molecular flexibility index (Phi) is 4.73. The smallest absolute Gasteiger partial charge is 0.110 e. The molecular formula is C14H21BrN2S. The van der Waals surface area contributed by atoms with Gasteiger partial charge < -0.3 is 5.32 Å². The van der Waals surface area contributed by atoms with Crippen molar-refractivity contribution in [2.24, 2.45) is 5.41 Å². The number of nitrogens with zero attached hydrogens (tertiary/aromatic N) is 1. The number of thioether (sulfide) groups is 1. The lowest BCUT2D eigenvalue weighted by atomic mass is 9.87. The SMILES string of the molecule is CCNC1C(Sc2ncccc2Br)CCC1(C)C. The third-order valence-electron chi connectivity index (χ3n) is 3.70. The summed E-state index contributed by atoms with van der Waals surface area (Å²) in [6, 6.07) is 4.60. The molecule has 0 bridgehead atoms. The molecule has 100 valence electrons. The van der Waals surface area contributed by atoms with Crippen LogP contribution in [0.4, 0.5) is 0 Å². The van der Waals surface area contributed by atoms with Gasteiger partial charge in [0.05, 0.1) is 0 Å². The second-order valence-electron chi connectivity index (χ2n) is 5.51. The molecule has 2 rings (SSSR count). The lowest BCUT2D eigenvalue weighted by molar-refractivity contribution is 0.290. The molecule has 1 aliphatic rings. The average molecular weight is 329 g/mol. The minimum atomic E-state index is 0.384. The number of nitrogens with one attached hydrogen (secondary N) is 1. The zero-order valence-corrected chi connectivity index (χ0v) is 13.6. The molecule has 1 N–H and O–H groups in total. The van der Waals surface area contributed by atoms with E-state index in [1.165, 1.54) is 12.8 Å². The van der Waals surface area contributed by atoms with Gasteiger partial charge in [-0.1, -0.05) is 20.8 Å². The van der Waals surface area contributed by atoms with Crippen LogP contribution in [0.1, 0.15) is 33.6 Å². The molecule has 0 aliphatic heterocycles. The van der Waals surface area contributed by atoms with Crippen LogP contribution in [0.5, 0.6) is 0 Å². The second-order valence-corrected chi connectivity index (χ2v) is 7.59. The quantitative estimate of drug-likeness (QED) is 0.900. The Morgan fingerprint density at radius 3 is 3.00 bits per heavy atom. The maximum absolute atomic E-state index is 4.47. The van der Waals surface area contributed by atoms with Crippen LogP contribution in [0.3, 0.4) is 0 Å². The minimum Gasteiger partial charge on any atom is -0.313 e. The van der Waals surface area contributed by atoms with Gasteiger partial charge in [0, 0.05) is 22.0 Å². The lowest BCUT2D eigenvalue weighted by Gasteiger charge is -2.31. The molecule has 2 unspecified atom stereocenters. The van der Waals surface area contributed by atoms with Crippen molar-refractivity contribution in [2.45, 2.75) is 49.9 Å². The third-order valence-corrected chi connectivity index (χ3v) is 5.96. The topological polar surface area (TPSA) is 24.9 Å². The number of halogens is 1. The van der Waals surface area contributed by atoms with Crippen molar-refractivity contribution in [2.75, 3.05) is 6.54 Å². The molecule has 0 aromatic carbocycles. The molecule has 0 amide bonds. The summed E-state index contributed by atoms with van der Waals surface area (Å²) in [5, 5.41) is 5.39. The van der Waals surface area contributed by atoms with Crippen LogP contribution in [0.2, 0.25) is 0 Å². The normalized spacial score (nSPS) is 26.4. The fourth-order valence-electron chi connectivity index (χ4n) is 2.70. The van der Waals surface area contributed by atoms with Crippen LogP contribution in [-0.2, 0) is 0 Å². The molecule has 18 heavy (non-hydrogen) atoms. The Labute approximate surface area is 122 Å². The van der Waals surface area contributed by atoms with Crippen LogP contribution in [0.15, 0.2) is 27.8 Å². The first-order valence-corrected chi connectivity index (χ1v) is 8.22. The van der Waals surface area contributed by atoms with Crippen LogP contribution in [0.25, 0.3) is 0 Å². The van der Waals surface area contributed by atoms with E-state index in [9.17, 15) is 0 Å². The van der Waals surface area contributed by atoms with E-state index < -0.39 is 0 Å². The summed E-state index contributed by atoms with van der Waals surface area (Å²) in [5.41, 5.74) is 0.384. The molecule has 4 heteroatoms. The number of rotatable bonds is 4. The Bertz CT molecular complexity index is 409. The van der Waals surface area contributed by atoms with Gasteiger partial charge in [-0.05, 0) is 52.9 Å². The zero-order chi connectivity index (χ0) is 13.2. The van der Waals surface area contributed by atoms with Gasteiger partial charge in [0.1, 0.15) is 5.03 Å². The molecule has 1 fully saturated rings. The molecule has 2 nitrogen and oxygen atoms in total. The van der Waals surface area contributed by atoms with Crippen molar-refractivity contribution >= 4 is 27.7 Å². The van der Waals surface area contributed by atoms with Gasteiger partial charge >= 0.3 is 0 Å². The third kappa shape index (κ3) is 3.09. The summed E-state index contributed by atoms with van der Waals surface area (Å²) in [5.74, 6) is 0. The van der Waals surface area contributed by atoms with Crippen LogP contribution in [-0.4, -0.2) is 22.8 Å². The van der Waals surface area contributed by atoms with Gasteiger partial charge in [-0.15, -0.1) is 11.8 Å². The van der Waals surface area contributed by atoms with E-state index >= 15 is 0 Å². The molecule has 2 atom stereocenters. The Balaban J connectivity index is 2.12. The standard InChI is InChI=1S/C14H21BrN2S/c1-4-16-12-11(7-8-14(12,2)3)18-13-10(15)6-5-9-17-13/h5-6,9,11-12,16H,4,7-8H2,1-3H3. The first-order valence-electron chi connectivity index (χ1n) is 6.55. The van der Waals surface area contributed by atoms with Crippen molar-refractivity contribution < 1.29 is 0 Å². The van der Waals surface area contributed by atoms with Crippen LogP contribution < -0.4 is 5.32 Å². The number of hydrogen-bond acceptors (Lipinski definition) is 3. The summed E-state index contributed by atoms with van der Waals surface area (Å²) in [7, 11) is 0. The monoisotopic (exact) mass is 328 g/mol. The molecule has 1 aromatic heterocycles. The second kappa shape index (κ2) is 5.93. The van der Waals surface area contributed by atoms with E-state index in [1.54, 1.807) is 0 Å². The highest BCUT2D eigenvalue weighted by Gasteiger charge is 2.42. The van der Waals surface area contributed by atoms with Crippen molar-refractivity contribution in [3.63, 3.8) is 0 Å². The predicted octanol–water partition coefficient (Wildman–Crippen LogP) is 4.10. The van der Waals surface area contributed by atoms with Crippen LogP contribution >= 0.6 is 27.7 Å². The fraction of sp³-hybridized carbons (Fsp3) is 0.643. The largest absolute Gasteiger partial charge is 0.313 e. The molecule has 1 aliphatic carbocycles.